The summed E-state index contributed by atoms with van der Waals surface area (Å²) < 4.78 is 27.2. The largest absolute Gasteiger partial charge is 0.326 e. The third kappa shape index (κ3) is 4.91. The molecular formula is C18H22N2O3S. The van der Waals surface area contributed by atoms with Gasteiger partial charge in [0.25, 0.3) is 0 Å². The maximum atomic E-state index is 12.3. The molecule has 0 heterocycles. The van der Waals surface area contributed by atoms with Crippen LogP contribution in [0.3, 0.4) is 0 Å². The molecule has 0 saturated heterocycles. The van der Waals surface area contributed by atoms with Gasteiger partial charge in [0.15, 0.2) is 0 Å². The highest BCUT2D eigenvalue weighted by atomic mass is 32.2. The molecule has 24 heavy (non-hydrogen) atoms. The molecule has 0 spiro atoms. The Hall–Kier alpha value is -2.18. The van der Waals surface area contributed by atoms with E-state index in [0.717, 1.165) is 11.1 Å². The third-order valence-electron chi connectivity index (χ3n) is 3.67. The second kappa shape index (κ2) is 7.59. The Labute approximate surface area is 143 Å². The maximum absolute atomic E-state index is 12.3. The van der Waals surface area contributed by atoms with Crippen LogP contribution in [0.15, 0.2) is 47.4 Å². The molecule has 0 aliphatic rings. The van der Waals surface area contributed by atoms with Crippen LogP contribution in [0.25, 0.3) is 0 Å². The molecule has 6 heteroatoms. The fourth-order valence-corrected chi connectivity index (χ4v) is 3.48. The second-order valence-corrected chi connectivity index (χ2v) is 7.55. The predicted octanol–water partition coefficient (Wildman–Crippen LogP) is 2.78. The van der Waals surface area contributed by atoms with E-state index in [-0.39, 0.29) is 10.8 Å². The Kier molecular flexibility index (Phi) is 5.75. The molecule has 0 bridgehead atoms. The van der Waals surface area contributed by atoms with Crippen molar-refractivity contribution in [2.75, 3.05) is 11.9 Å². The van der Waals surface area contributed by atoms with Crippen LogP contribution in [-0.2, 0) is 21.2 Å². The van der Waals surface area contributed by atoms with Crippen molar-refractivity contribution in [2.45, 2.75) is 32.1 Å². The molecule has 0 atom stereocenters. The van der Waals surface area contributed by atoms with Gasteiger partial charge in [-0.05, 0) is 55.7 Å². The van der Waals surface area contributed by atoms with Crippen molar-refractivity contribution in [3.05, 3.63) is 59.2 Å². The monoisotopic (exact) mass is 346 g/mol. The van der Waals surface area contributed by atoms with Gasteiger partial charge < -0.3 is 5.32 Å². The Balaban J connectivity index is 1.99. The first-order chi connectivity index (χ1) is 11.3. The van der Waals surface area contributed by atoms with E-state index >= 15 is 0 Å². The molecule has 1 amide bonds. The van der Waals surface area contributed by atoms with E-state index in [1.807, 2.05) is 26.0 Å². The number of anilines is 1. The van der Waals surface area contributed by atoms with E-state index in [9.17, 15) is 13.2 Å². The van der Waals surface area contributed by atoms with Gasteiger partial charge in [0.2, 0.25) is 15.9 Å². The summed E-state index contributed by atoms with van der Waals surface area (Å²) in [5, 5.41) is 2.60. The second-order valence-electron chi connectivity index (χ2n) is 5.78. The molecule has 5 nitrogen and oxygen atoms in total. The van der Waals surface area contributed by atoms with Crippen LogP contribution in [0, 0.1) is 13.8 Å². The number of sulfonamides is 1. The minimum Gasteiger partial charge on any atom is -0.326 e. The fraction of sp³-hybridized carbons (Fsp3) is 0.278. The standard InChI is InChI=1S/C18H22N2O3S/c1-13-4-5-16(14(2)12-13)10-11-19-24(22,23)18-8-6-17(7-9-18)20-15(3)21/h4-9,12,19H,10-11H2,1-3H3,(H,20,21). The molecule has 2 N–H and O–H groups in total. The summed E-state index contributed by atoms with van der Waals surface area (Å²) in [6.45, 7) is 5.79. The van der Waals surface area contributed by atoms with Crippen molar-refractivity contribution in [3.63, 3.8) is 0 Å². The number of hydrogen-bond acceptors (Lipinski definition) is 3. The van der Waals surface area contributed by atoms with Gasteiger partial charge in [-0.1, -0.05) is 23.8 Å². The topological polar surface area (TPSA) is 75.3 Å². The highest BCUT2D eigenvalue weighted by Crippen LogP contribution is 2.15. The summed E-state index contributed by atoms with van der Waals surface area (Å²) >= 11 is 0. The van der Waals surface area contributed by atoms with Crippen molar-refractivity contribution >= 4 is 21.6 Å². The van der Waals surface area contributed by atoms with E-state index in [4.69, 9.17) is 0 Å². The Bertz CT molecular complexity index is 828. The van der Waals surface area contributed by atoms with E-state index in [1.54, 1.807) is 12.1 Å². The molecule has 0 fully saturated rings. The average molecular weight is 346 g/mol. The first kappa shape index (κ1) is 18.2. The van der Waals surface area contributed by atoms with Gasteiger partial charge in [-0.25, -0.2) is 13.1 Å². The Morgan fingerprint density at radius 3 is 2.29 bits per heavy atom. The highest BCUT2D eigenvalue weighted by Gasteiger charge is 2.13. The Morgan fingerprint density at radius 2 is 1.71 bits per heavy atom. The number of carbonyl (C=O) groups is 1. The summed E-state index contributed by atoms with van der Waals surface area (Å²) in [6, 6.07) is 12.2. The van der Waals surface area contributed by atoms with Crippen LogP contribution >= 0.6 is 0 Å². The highest BCUT2D eigenvalue weighted by molar-refractivity contribution is 7.89. The lowest BCUT2D eigenvalue weighted by Gasteiger charge is -2.10. The quantitative estimate of drug-likeness (QED) is 0.844. The van der Waals surface area contributed by atoms with Gasteiger partial charge in [0.1, 0.15) is 0 Å². The molecule has 0 aromatic heterocycles. The average Bonchev–Trinajstić information content (AvgIpc) is 2.49. The summed E-state index contributed by atoms with van der Waals surface area (Å²) in [5.41, 5.74) is 4.05. The number of hydrogen-bond donors (Lipinski definition) is 2. The van der Waals surface area contributed by atoms with Crippen LogP contribution in [0.4, 0.5) is 5.69 Å². The van der Waals surface area contributed by atoms with Crippen molar-refractivity contribution in [1.82, 2.24) is 4.72 Å². The van der Waals surface area contributed by atoms with Crippen LogP contribution in [-0.4, -0.2) is 20.9 Å². The minimum atomic E-state index is -3.56. The Morgan fingerprint density at radius 1 is 1.04 bits per heavy atom. The van der Waals surface area contributed by atoms with Gasteiger partial charge in [0.05, 0.1) is 4.90 Å². The zero-order valence-corrected chi connectivity index (χ0v) is 14.9. The molecule has 0 aliphatic carbocycles. The minimum absolute atomic E-state index is 0.178. The first-order valence-corrected chi connectivity index (χ1v) is 9.20. The SMILES string of the molecule is CC(=O)Nc1ccc(S(=O)(=O)NCCc2ccc(C)cc2C)cc1. The summed E-state index contributed by atoms with van der Waals surface area (Å²) in [7, 11) is -3.56. The predicted molar refractivity (Wildman–Crippen MR) is 95.6 cm³/mol. The number of carbonyl (C=O) groups excluding carboxylic acids is 1. The van der Waals surface area contributed by atoms with Gasteiger partial charge in [0, 0.05) is 19.2 Å². The summed E-state index contributed by atoms with van der Waals surface area (Å²) in [6.07, 6.45) is 0.634. The lowest BCUT2D eigenvalue weighted by Crippen LogP contribution is -2.26. The molecular weight excluding hydrogens is 324 g/mol. The molecule has 2 aromatic rings. The number of amides is 1. The van der Waals surface area contributed by atoms with E-state index in [0.29, 0.717) is 18.7 Å². The van der Waals surface area contributed by atoms with E-state index < -0.39 is 10.0 Å². The zero-order chi connectivity index (χ0) is 17.7. The maximum Gasteiger partial charge on any atom is 0.240 e. The number of rotatable bonds is 6. The molecule has 2 rings (SSSR count). The van der Waals surface area contributed by atoms with Crippen molar-refractivity contribution < 1.29 is 13.2 Å². The van der Waals surface area contributed by atoms with Crippen molar-refractivity contribution in [1.29, 1.82) is 0 Å². The molecule has 0 unspecified atom stereocenters. The van der Waals surface area contributed by atoms with Gasteiger partial charge in [-0.3, -0.25) is 4.79 Å². The van der Waals surface area contributed by atoms with E-state index in [2.05, 4.69) is 16.1 Å². The van der Waals surface area contributed by atoms with E-state index in [1.165, 1.54) is 24.6 Å². The molecule has 128 valence electrons. The molecule has 0 radical (unpaired) electrons. The number of benzene rings is 2. The number of aryl methyl sites for hydroxylation is 2. The van der Waals surface area contributed by atoms with Gasteiger partial charge >= 0.3 is 0 Å². The lowest BCUT2D eigenvalue weighted by atomic mass is 10.0. The first-order valence-electron chi connectivity index (χ1n) is 7.71. The molecule has 2 aromatic carbocycles. The van der Waals surface area contributed by atoms with Crippen molar-refractivity contribution in [3.8, 4) is 0 Å². The van der Waals surface area contributed by atoms with Crippen LogP contribution in [0.5, 0.6) is 0 Å². The number of nitrogens with one attached hydrogen (secondary N) is 2. The fourth-order valence-electron chi connectivity index (χ4n) is 2.45. The van der Waals surface area contributed by atoms with Gasteiger partial charge in [-0.2, -0.15) is 0 Å². The normalized spacial score (nSPS) is 11.3. The van der Waals surface area contributed by atoms with Crippen molar-refractivity contribution in [2.24, 2.45) is 0 Å². The van der Waals surface area contributed by atoms with Crippen LogP contribution in [0.1, 0.15) is 23.6 Å². The summed E-state index contributed by atoms with van der Waals surface area (Å²) in [5.74, 6) is -0.197. The smallest absolute Gasteiger partial charge is 0.240 e. The third-order valence-corrected chi connectivity index (χ3v) is 5.15. The van der Waals surface area contributed by atoms with Crippen LogP contribution in [0.2, 0.25) is 0 Å². The lowest BCUT2D eigenvalue weighted by molar-refractivity contribution is -0.114. The molecule has 0 aliphatic heterocycles. The zero-order valence-electron chi connectivity index (χ0n) is 14.1. The van der Waals surface area contributed by atoms with Gasteiger partial charge in [-0.15, -0.1) is 0 Å². The summed E-state index contributed by atoms with van der Waals surface area (Å²) in [4.78, 5) is 11.2. The molecule has 0 saturated carbocycles. The van der Waals surface area contributed by atoms with Crippen LogP contribution < -0.4 is 10.0 Å².